The number of carbonyl (C=O) groups excluding carboxylic acids is 2. The van der Waals surface area contributed by atoms with Crippen molar-refractivity contribution in [1.29, 1.82) is 0 Å². The number of fused-ring (bicyclic) bond motifs is 1. The fourth-order valence-electron chi connectivity index (χ4n) is 3.15. The van der Waals surface area contributed by atoms with Crippen molar-refractivity contribution in [2.75, 3.05) is 32.8 Å². The van der Waals surface area contributed by atoms with E-state index in [9.17, 15) is 19.7 Å². The number of non-ortho nitro benzene ring substituents is 1. The van der Waals surface area contributed by atoms with Crippen molar-refractivity contribution in [2.24, 2.45) is 5.92 Å². The number of hydrogen-bond acceptors (Lipinski definition) is 5. The number of hydrogen-bond donors (Lipinski definition) is 0. The van der Waals surface area contributed by atoms with Gasteiger partial charge in [-0.3, -0.25) is 14.9 Å². The molecule has 2 heterocycles. The number of ether oxygens (including phenoxy) is 1. The molecule has 1 aliphatic rings. The van der Waals surface area contributed by atoms with Crippen LogP contribution in [0.25, 0.3) is 10.9 Å². The third kappa shape index (κ3) is 4.41. The molecular formula is C19H24N4O5. The van der Waals surface area contributed by atoms with Gasteiger partial charge in [-0.25, -0.2) is 4.79 Å². The van der Waals surface area contributed by atoms with E-state index in [-0.39, 0.29) is 30.2 Å². The Kier molecular flexibility index (Phi) is 5.81. The lowest BCUT2D eigenvalue weighted by molar-refractivity contribution is -0.384. The zero-order chi connectivity index (χ0) is 20.3. The Morgan fingerprint density at radius 1 is 1.14 bits per heavy atom. The highest BCUT2D eigenvalue weighted by Crippen LogP contribution is 2.22. The topological polar surface area (TPSA) is 97.9 Å². The maximum absolute atomic E-state index is 12.6. The first-order chi connectivity index (χ1) is 13.3. The summed E-state index contributed by atoms with van der Waals surface area (Å²) in [5, 5.41) is 11.6. The molecule has 0 spiro atoms. The minimum atomic E-state index is -0.437. The van der Waals surface area contributed by atoms with Gasteiger partial charge in [0.15, 0.2) is 0 Å². The summed E-state index contributed by atoms with van der Waals surface area (Å²) in [6, 6.07) is 6.35. The first kappa shape index (κ1) is 19.7. The van der Waals surface area contributed by atoms with E-state index in [1.807, 2.05) is 13.8 Å². The molecule has 0 saturated carbocycles. The molecule has 1 aromatic carbocycles. The maximum Gasteiger partial charge on any atom is 0.409 e. The quantitative estimate of drug-likeness (QED) is 0.579. The van der Waals surface area contributed by atoms with Gasteiger partial charge in [-0.2, -0.15) is 0 Å². The lowest BCUT2D eigenvalue weighted by Gasteiger charge is -2.34. The van der Waals surface area contributed by atoms with Gasteiger partial charge in [0.1, 0.15) is 6.54 Å². The fourth-order valence-corrected chi connectivity index (χ4v) is 3.15. The van der Waals surface area contributed by atoms with Gasteiger partial charge in [0.2, 0.25) is 5.91 Å². The van der Waals surface area contributed by atoms with E-state index in [0.29, 0.717) is 32.8 Å². The Morgan fingerprint density at radius 3 is 2.46 bits per heavy atom. The number of nitro benzene ring substituents is 1. The molecule has 28 heavy (non-hydrogen) atoms. The number of aromatic nitrogens is 1. The van der Waals surface area contributed by atoms with Gasteiger partial charge >= 0.3 is 6.09 Å². The highest BCUT2D eigenvalue weighted by atomic mass is 16.6. The van der Waals surface area contributed by atoms with E-state index in [0.717, 1.165) is 10.9 Å². The van der Waals surface area contributed by atoms with Gasteiger partial charge in [-0.15, -0.1) is 0 Å². The molecule has 2 amide bonds. The minimum Gasteiger partial charge on any atom is -0.449 e. The highest BCUT2D eigenvalue weighted by Gasteiger charge is 2.25. The monoisotopic (exact) mass is 388 g/mol. The number of nitro groups is 1. The second-order valence-electron chi connectivity index (χ2n) is 7.28. The van der Waals surface area contributed by atoms with Crippen LogP contribution in [0.3, 0.4) is 0 Å². The summed E-state index contributed by atoms with van der Waals surface area (Å²) >= 11 is 0. The second-order valence-corrected chi connectivity index (χ2v) is 7.28. The number of amides is 2. The van der Waals surface area contributed by atoms with Gasteiger partial charge in [-0.1, -0.05) is 13.8 Å². The molecule has 0 aliphatic carbocycles. The first-order valence-electron chi connectivity index (χ1n) is 9.28. The van der Waals surface area contributed by atoms with Crippen LogP contribution < -0.4 is 0 Å². The Bertz CT molecular complexity index is 884. The zero-order valence-electron chi connectivity index (χ0n) is 16.0. The van der Waals surface area contributed by atoms with Crippen LogP contribution >= 0.6 is 0 Å². The summed E-state index contributed by atoms with van der Waals surface area (Å²) in [6.45, 7) is 6.30. The standard InChI is InChI=1S/C19H24N4O5/c1-14(2)13-28-19(25)21-9-7-20(8-10-21)18(24)12-22-6-5-15-11-16(23(26)27)3-4-17(15)22/h3-6,11,14H,7-10,12-13H2,1-2H3. The molecule has 2 aromatic rings. The summed E-state index contributed by atoms with van der Waals surface area (Å²) in [6.07, 6.45) is 1.42. The lowest BCUT2D eigenvalue weighted by atomic mass is 10.2. The van der Waals surface area contributed by atoms with Crippen molar-refractivity contribution in [3.8, 4) is 0 Å². The molecule has 1 saturated heterocycles. The molecular weight excluding hydrogens is 364 g/mol. The van der Waals surface area contributed by atoms with Crippen molar-refractivity contribution in [3.05, 3.63) is 40.6 Å². The number of piperazine rings is 1. The molecule has 9 nitrogen and oxygen atoms in total. The van der Waals surface area contributed by atoms with Crippen molar-refractivity contribution in [1.82, 2.24) is 14.4 Å². The van der Waals surface area contributed by atoms with Crippen molar-refractivity contribution >= 4 is 28.6 Å². The molecule has 0 radical (unpaired) electrons. The molecule has 1 fully saturated rings. The summed E-state index contributed by atoms with van der Waals surface area (Å²) in [5.74, 6) is 0.232. The highest BCUT2D eigenvalue weighted by molar-refractivity contribution is 5.85. The third-order valence-corrected chi connectivity index (χ3v) is 4.70. The number of benzene rings is 1. The van der Waals surface area contributed by atoms with E-state index in [1.165, 1.54) is 12.1 Å². The minimum absolute atomic E-state index is 0.0250. The van der Waals surface area contributed by atoms with Crippen LogP contribution in [0.1, 0.15) is 13.8 Å². The Hall–Kier alpha value is -3.10. The van der Waals surface area contributed by atoms with Crippen molar-refractivity contribution < 1.29 is 19.2 Å². The molecule has 0 bridgehead atoms. The van der Waals surface area contributed by atoms with E-state index < -0.39 is 4.92 Å². The lowest BCUT2D eigenvalue weighted by Crippen LogP contribution is -2.51. The number of nitrogens with zero attached hydrogens (tertiary/aromatic N) is 4. The Labute approximate surface area is 162 Å². The predicted molar refractivity (Wildman–Crippen MR) is 103 cm³/mol. The average Bonchev–Trinajstić information content (AvgIpc) is 3.08. The average molecular weight is 388 g/mol. The zero-order valence-corrected chi connectivity index (χ0v) is 16.0. The van der Waals surface area contributed by atoms with Gasteiger partial charge in [0.05, 0.1) is 11.5 Å². The number of carbonyl (C=O) groups is 2. The fraction of sp³-hybridized carbons (Fsp3) is 0.474. The Balaban J connectivity index is 1.57. The van der Waals surface area contributed by atoms with Crippen LogP contribution in [0, 0.1) is 16.0 Å². The molecule has 0 atom stereocenters. The van der Waals surface area contributed by atoms with Crippen LogP contribution in [0.4, 0.5) is 10.5 Å². The molecule has 9 heteroatoms. The van der Waals surface area contributed by atoms with Crippen LogP contribution in [-0.2, 0) is 16.1 Å². The van der Waals surface area contributed by atoms with E-state index >= 15 is 0 Å². The largest absolute Gasteiger partial charge is 0.449 e. The summed E-state index contributed by atoms with van der Waals surface area (Å²) in [7, 11) is 0. The number of rotatable bonds is 5. The molecule has 150 valence electrons. The maximum atomic E-state index is 12.6. The smallest absolute Gasteiger partial charge is 0.409 e. The molecule has 0 N–H and O–H groups in total. The van der Waals surface area contributed by atoms with Gasteiger partial charge in [0, 0.05) is 55.4 Å². The predicted octanol–water partition coefficient (Wildman–Crippen LogP) is 2.49. The Morgan fingerprint density at radius 2 is 1.82 bits per heavy atom. The van der Waals surface area contributed by atoms with Gasteiger partial charge < -0.3 is 19.1 Å². The van der Waals surface area contributed by atoms with Crippen LogP contribution in [0.15, 0.2) is 30.5 Å². The van der Waals surface area contributed by atoms with Crippen molar-refractivity contribution in [3.63, 3.8) is 0 Å². The third-order valence-electron chi connectivity index (χ3n) is 4.70. The van der Waals surface area contributed by atoms with Crippen molar-refractivity contribution in [2.45, 2.75) is 20.4 Å². The van der Waals surface area contributed by atoms with Gasteiger partial charge in [0.25, 0.3) is 5.69 Å². The van der Waals surface area contributed by atoms with Crippen LogP contribution in [0.2, 0.25) is 0 Å². The summed E-state index contributed by atoms with van der Waals surface area (Å²) in [4.78, 5) is 38.4. The van der Waals surface area contributed by atoms with Crippen LogP contribution in [0.5, 0.6) is 0 Å². The summed E-state index contributed by atoms with van der Waals surface area (Å²) in [5.41, 5.74) is 0.798. The van der Waals surface area contributed by atoms with E-state index in [2.05, 4.69) is 0 Å². The van der Waals surface area contributed by atoms with E-state index in [1.54, 1.807) is 32.7 Å². The molecule has 0 unspecified atom stereocenters. The van der Waals surface area contributed by atoms with Crippen LogP contribution in [-0.4, -0.2) is 64.1 Å². The molecule has 1 aromatic heterocycles. The van der Waals surface area contributed by atoms with E-state index in [4.69, 9.17) is 4.74 Å². The first-order valence-corrected chi connectivity index (χ1v) is 9.28. The summed E-state index contributed by atoms with van der Waals surface area (Å²) < 4.78 is 7.01. The molecule has 3 rings (SSSR count). The molecule has 1 aliphatic heterocycles. The second kappa shape index (κ2) is 8.28. The normalized spacial score (nSPS) is 14.5. The SMILES string of the molecule is CC(C)COC(=O)N1CCN(C(=O)Cn2ccc3cc([N+](=O)[O-])ccc32)CC1. The van der Waals surface area contributed by atoms with Gasteiger partial charge in [-0.05, 0) is 18.1 Å².